The summed E-state index contributed by atoms with van der Waals surface area (Å²) in [5, 5.41) is 8.73. The molecule has 0 saturated carbocycles. The van der Waals surface area contributed by atoms with E-state index in [-0.39, 0.29) is 0 Å². The van der Waals surface area contributed by atoms with Crippen LogP contribution in [0.15, 0.2) is 12.1 Å². The minimum absolute atomic E-state index is 0.334. The van der Waals surface area contributed by atoms with Crippen LogP contribution >= 0.6 is 0 Å². The second-order valence-corrected chi connectivity index (χ2v) is 6.19. The standard InChI is InChI=1S/C20H34O4/c1-22-18-15-17(16-19(23-2)20(18)24-3)13-11-9-7-5-4-6-8-10-12-14-21/h15-16,21H,4-14H2,1-3H3. The molecule has 0 aliphatic rings. The molecule has 0 saturated heterocycles. The number of aliphatic hydroxyl groups excluding tert-OH is 1. The molecule has 0 aliphatic carbocycles. The normalized spacial score (nSPS) is 10.7. The van der Waals surface area contributed by atoms with Gasteiger partial charge < -0.3 is 19.3 Å². The summed E-state index contributed by atoms with van der Waals surface area (Å²) in [4.78, 5) is 0. The lowest BCUT2D eigenvalue weighted by Gasteiger charge is -2.14. The lowest BCUT2D eigenvalue weighted by atomic mass is 10.0. The van der Waals surface area contributed by atoms with Gasteiger partial charge in [0.1, 0.15) is 0 Å². The average molecular weight is 338 g/mol. The van der Waals surface area contributed by atoms with E-state index in [2.05, 4.69) is 0 Å². The van der Waals surface area contributed by atoms with Gasteiger partial charge in [-0.05, 0) is 37.0 Å². The maximum absolute atomic E-state index is 8.73. The Kier molecular flexibility index (Phi) is 11.1. The quantitative estimate of drug-likeness (QED) is 0.497. The summed E-state index contributed by atoms with van der Waals surface area (Å²) >= 11 is 0. The SMILES string of the molecule is COc1cc(CCCCCCCCCCCO)cc(OC)c1OC. The summed E-state index contributed by atoms with van der Waals surface area (Å²) in [5.41, 5.74) is 1.23. The Morgan fingerprint density at radius 2 is 1.12 bits per heavy atom. The minimum Gasteiger partial charge on any atom is -0.493 e. The molecule has 0 atom stereocenters. The first-order chi connectivity index (χ1) is 11.8. The van der Waals surface area contributed by atoms with E-state index in [1.807, 2.05) is 12.1 Å². The van der Waals surface area contributed by atoms with Crippen molar-refractivity contribution in [1.29, 1.82) is 0 Å². The lowest BCUT2D eigenvalue weighted by molar-refractivity contribution is 0.282. The predicted octanol–water partition coefficient (Wildman–Crippen LogP) is 4.76. The molecule has 4 heteroatoms. The summed E-state index contributed by atoms with van der Waals surface area (Å²) in [7, 11) is 4.94. The van der Waals surface area contributed by atoms with E-state index in [0.29, 0.717) is 12.4 Å². The maximum Gasteiger partial charge on any atom is 0.203 e. The van der Waals surface area contributed by atoms with E-state index in [0.717, 1.165) is 30.8 Å². The molecule has 0 radical (unpaired) electrons. The number of unbranched alkanes of at least 4 members (excludes halogenated alkanes) is 8. The van der Waals surface area contributed by atoms with Gasteiger partial charge in [0.15, 0.2) is 11.5 Å². The molecule has 1 aromatic rings. The molecule has 1 N–H and O–H groups in total. The molecule has 1 rings (SSSR count). The molecule has 0 amide bonds. The first kappa shape index (κ1) is 20.6. The zero-order valence-electron chi connectivity index (χ0n) is 15.6. The second-order valence-electron chi connectivity index (χ2n) is 6.19. The Hall–Kier alpha value is -1.42. The topological polar surface area (TPSA) is 47.9 Å². The highest BCUT2D eigenvalue weighted by Crippen LogP contribution is 2.38. The van der Waals surface area contributed by atoms with Gasteiger partial charge in [0.05, 0.1) is 21.3 Å². The third kappa shape index (κ3) is 7.43. The Morgan fingerprint density at radius 1 is 0.667 bits per heavy atom. The Balaban J connectivity index is 2.25. The van der Waals surface area contributed by atoms with Crippen LogP contribution in [0.3, 0.4) is 0 Å². The molecule has 4 nitrogen and oxygen atoms in total. The first-order valence-electron chi connectivity index (χ1n) is 9.16. The van der Waals surface area contributed by atoms with Gasteiger partial charge in [0.2, 0.25) is 5.75 Å². The summed E-state index contributed by atoms with van der Waals surface area (Å²) < 4.78 is 16.2. The van der Waals surface area contributed by atoms with Crippen LogP contribution in [0.4, 0.5) is 0 Å². The summed E-state index contributed by atoms with van der Waals surface area (Å²) in [6.07, 6.45) is 12.1. The number of benzene rings is 1. The van der Waals surface area contributed by atoms with Crippen molar-refractivity contribution >= 4 is 0 Å². The number of hydrogen-bond acceptors (Lipinski definition) is 4. The number of ether oxygens (including phenoxy) is 3. The molecule has 24 heavy (non-hydrogen) atoms. The van der Waals surface area contributed by atoms with Crippen LogP contribution in [0.25, 0.3) is 0 Å². The molecule has 0 bridgehead atoms. The Morgan fingerprint density at radius 3 is 1.54 bits per heavy atom. The summed E-state index contributed by atoms with van der Waals surface area (Å²) in [6.45, 7) is 0.334. The van der Waals surface area contributed by atoms with Crippen LogP contribution in [-0.2, 0) is 6.42 Å². The Labute approximate surface area is 147 Å². The second kappa shape index (κ2) is 12.9. The van der Waals surface area contributed by atoms with Crippen molar-refractivity contribution in [3.05, 3.63) is 17.7 Å². The molecule has 0 heterocycles. The van der Waals surface area contributed by atoms with Crippen molar-refractivity contribution < 1.29 is 19.3 Å². The van der Waals surface area contributed by atoms with E-state index < -0.39 is 0 Å². The molecular weight excluding hydrogens is 304 g/mol. The van der Waals surface area contributed by atoms with Crippen molar-refractivity contribution in [2.75, 3.05) is 27.9 Å². The predicted molar refractivity (Wildman–Crippen MR) is 98.4 cm³/mol. The van der Waals surface area contributed by atoms with Crippen LogP contribution in [0.5, 0.6) is 17.2 Å². The van der Waals surface area contributed by atoms with Gasteiger partial charge in [-0.15, -0.1) is 0 Å². The molecule has 138 valence electrons. The molecule has 0 aliphatic heterocycles. The average Bonchev–Trinajstić information content (AvgIpc) is 2.62. The van der Waals surface area contributed by atoms with Gasteiger partial charge >= 0.3 is 0 Å². The smallest absolute Gasteiger partial charge is 0.203 e. The highest BCUT2D eigenvalue weighted by Gasteiger charge is 2.12. The molecule has 0 fully saturated rings. The van der Waals surface area contributed by atoms with E-state index in [4.69, 9.17) is 19.3 Å². The van der Waals surface area contributed by atoms with Crippen molar-refractivity contribution in [3.8, 4) is 17.2 Å². The minimum atomic E-state index is 0.334. The number of aliphatic hydroxyl groups is 1. The monoisotopic (exact) mass is 338 g/mol. The van der Waals surface area contributed by atoms with Gasteiger partial charge in [-0.2, -0.15) is 0 Å². The number of aryl methyl sites for hydroxylation is 1. The van der Waals surface area contributed by atoms with E-state index >= 15 is 0 Å². The molecule has 0 unspecified atom stereocenters. The van der Waals surface area contributed by atoms with Crippen molar-refractivity contribution in [2.24, 2.45) is 0 Å². The van der Waals surface area contributed by atoms with Crippen molar-refractivity contribution in [1.82, 2.24) is 0 Å². The van der Waals surface area contributed by atoms with Gasteiger partial charge in [-0.25, -0.2) is 0 Å². The fourth-order valence-electron chi connectivity index (χ4n) is 2.96. The first-order valence-corrected chi connectivity index (χ1v) is 9.16. The lowest BCUT2D eigenvalue weighted by Crippen LogP contribution is -1.97. The van der Waals surface area contributed by atoms with Gasteiger partial charge in [0, 0.05) is 6.61 Å². The van der Waals surface area contributed by atoms with Crippen LogP contribution in [0.2, 0.25) is 0 Å². The van der Waals surface area contributed by atoms with Crippen LogP contribution in [0, 0.1) is 0 Å². The van der Waals surface area contributed by atoms with E-state index in [9.17, 15) is 0 Å². The van der Waals surface area contributed by atoms with Crippen LogP contribution < -0.4 is 14.2 Å². The summed E-state index contributed by atoms with van der Waals surface area (Å²) in [5.74, 6) is 2.12. The largest absolute Gasteiger partial charge is 0.493 e. The highest BCUT2D eigenvalue weighted by molar-refractivity contribution is 5.53. The fourth-order valence-corrected chi connectivity index (χ4v) is 2.96. The van der Waals surface area contributed by atoms with Gasteiger partial charge in [-0.1, -0.05) is 44.9 Å². The van der Waals surface area contributed by atoms with Crippen LogP contribution in [-0.4, -0.2) is 33.0 Å². The van der Waals surface area contributed by atoms with Gasteiger partial charge in [-0.3, -0.25) is 0 Å². The highest BCUT2D eigenvalue weighted by atomic mass is 16.5. The summed E-state index contributed by atoms with van der Waals surface area (Å²) in [6, 6.07) is 4.09. The van der Waals surface area contributed by atoms with E-state index in [1.54, 1.807) is 21.3 Å². The molecule has 0 aromatic heterocycles. The van der Waals surface area contributed by atoms with E-state index in [1.165, 1.54) is 50.5 Å². The Bertz CT molecular complexity index is 420. The molecule has 0 spiro atoms. The number of rotatable bonds is 14. The number of hydrogen-bond donors (Lipinski definition) is 1. The van der Waals surface area contributed by atoms with Gasteiger partial charge in [0.25, 0.3) is 0 Å². The van der Waals surface area contributed by atoms with Crippen molar-refractivity contribution in [2.45, 2.75) is 64.2 Å². The fraction of sp³-hybridized carbons (Fsp3) is 0.700. The molecule has 1 aromatic carbocycles. The zero-order chi connectivity index (χ0) is 17.6. The number of methoxy groups -OCH3 is 3. The molecular formula is C20H34O4. The zero-order valence-corrected chi connectivity index (χ0v) is 15.6. The van der Waals surface area contributed by atoms with Crippen molar-refractivity contribution in [3.63, 3.8) is 0 Å². The third-order valence-corrected chi connectivity index (χ3v) is 4.35. The third-order valence-electron chi connectivity index (χ3n) is 4.35. The van der Waals surface area contributed by atoms with Crippen LogP contribution in [0.1, 0.15) is 63.4 Å². The maximum atomic E-state index is 8.73.